The summed E-state index contributed by atoms with van der Waals surface area (Å²) < 4.78 is 4.76. The van der Waals surface area contributed by atoms with Crippen LogP contribution in [0.4, 0.5) is 17.1 Å². The van der Waals surface area contributed by atoms with Crippen LogP contribution in [0.3, 0.4) is 0 Å². The van der Waals surface area contributed by atoms with E-state index in [1.54, 1.807) is 18.2 Å². The first kappa shape index (κ1) is 20.3. The number of hydrogen-bond donors (Lipinski definition) is 2. The summed E-state index contributed by atoms with van der Waals surface area (Å²) in [6, 6.07) is 14.9. The van der Waals surface area contributed by atoms with E-state index in [4.69, 9.17) is 4.74 Å². The highest BCUT2D eigenvalue weighted by Crippen LogP contribution is 2.18. The van der Waals surface area contributed by atoms with Gasteiger partial charge in [-0.2, -0.15) is 0 Å². The predicted molar refractivity (Wildman–Crippen MR) is 110 cm³/mol. The smallest absolute Gasteiger partial charge is 0.339 e. The number of ether oxygens (including phenoxy) is 1. The first-order valence-corrected chi connectivity index (χ1v) is 9.15. The molecule has 0 aromatic heterocycles. The van der Waals surface area contributed by atoms with Gasteiger partial charge < -0.3 is 20.3 Å². The Morgan fingerprint density at radius 3 is 2.30 bits per heavy atom. The summed E-state index contributed by atoms with van der Waals surface area (Å²) in [4.78, 5) is 26.1. The van der Waals surface area contributed by atoms with Crippen LogP contribution in [-0.2, 0) is 9.53 Å². The van der Waals surface area contributed by atoms with Gasteiger partial charge in [0.15, 0.2) is 0 Å². The first-order valence-electron chi connectivity index (χ1n) is 9.15. The van der Waals surface area contributed by atoms with E-state index >= 15 is 0 Å². The van der Waals surface area contributed by atoms with Crippen molar-refractivity contribution in [3.8, 4) is 0 Å². The summed E-state index contributed by atoms with van der Waals surface area (Å²) in [6.45, 7) is 6.54. The molecule has 6 nitrogen and oxygen atoms in total. The molecule has 0 spiro atoms. The lowest BCUT2D eigenvalue weighted by Gasteiger charge is -2.21. The quantitative estimate of drug-likeness (QED) is 0.659. The number of methoxy groups -OCH3 is 1. The second kappa shape index (κ2) is 10.2. The molecule has 144 valence electrons. The molecule has 0 saturated heterocycles. The molecule has 6 heteroatoms. The van der Waals surface area contributed by atoms with Gasteiger partial charge in [-0.3, -0.25) is 4.79 Å². The van der Waals surface area contributed by atoms with Crippen molar-refractivity contribution in [3.05, 3.63) is 54.1 Å². The Morgan fingerprint density at radius 2 is 1.67 bits per heavy atom. The average molecular weight is 369 g/mol. The molecule has 0 heterocycles. The van der Waals surface area contributed by atoms with Gasteiger partial charge in [0.05, 0.1) is 12.7 Å². The third kappa shape index (κ3) is 5.74. The van der Waals surface area contributed by atoms with Crippen molar-refractivity contribution in [1.82, 2.24) is 0 Å². The molecule has 2 aromatic carbocycles. The maximum atomic E-state index is 12.2. The maximum Gasteiger partial charge on any atom is 0.339 e. The number of anilines is 3. The summed E-state index contributed by atoms with van der Waals surface area (Å²) >= 11 is 0. The predicted octanol–water partition coefficient (Wildman–Crippen LogP) is 3.76. The zero-order valence-electron chi connectivity index (χ0n) is 16.1. The van der Waals surface area contributed by atoms with Crippen LogP contribution >= 0.6 is 0 Å². The number of esters is 1. The minimum absolute atomic E-state index is 0.0892. The normalized spacial score (nSPS) is 10.2. The van der Waals surface area contributed by atoms with Crippen LogP contribution in [0.1, 0.15) is 30.6 Å². The van der Waals surface area contributed by atoms with Crippen molar-refractivity contribution in [1.29, 1.82) is 0 Å². The Kier molecular flexibility index (Phi) is 7.67. The second-order valence-corrected chi connectivity index (χ2v) is 5.98. The van der Waals surface area contributed by atoms with Gasteiger partial charge in [-0.1, -0.05) is 12.1 Å². The molecule has 1 amide bonds. The Morgan fingerprint density at radius 1 is 1.00 bits per heavy atom. The fourth-order valence-electron chi connectivity index (χ4n) is 2.80. The molecule has 2 aromatic rings. The molecule has 2 N–H and O–H groups in total. The highest BCUT2D eigenvalue weighted by atomic mass is 16.5. The van der Waals surface area contributed by atoms with Crippen molar-refractivity contribution in [3.63, 3.8) is 0 Å². The number of amides is 1. The second-order valence-electron chi connectivity index (χ2n) is 5.98. The van der Waals surface area contributed by atoms with Crippen molar-refractivity contribution in [2.75, 3.05) is 42.3 Å². The molecule has 0 atom stereocenters. The monoisotopic (exact) mass is 369 g/mol. The number of rotatable bonds is 9. The van der Waals surface area contributed by atoms with E-state index in [1.807, 2.05) is 30.3 Å². The van der Waals surface area contributed by atoms with Crippen molar-refractivity contribution in [2.24, 2.45) is 0 Å². The van der Waals surface area contributed by atoms with E-state index in [-0.39, 0.29) is 12.3 Å². The van der Waals surface area contributed by atoms with Gasteiger partial charge in [-0.15, -0.1) is 0 Å². The van der Waals surface area contributed by atoms with E-state index in [1.165, 1.54) is 7.11 Å². The van der Waals surface area contributed by atoms with E-state index in [2.05, 4.69) is 29.4 Å². The van der Waals surface area contributed by atoms with Crippen molar-refractivity contribution >= 4 is 28.9 Å². The van der Waals surface area contributed by atoms with Crippen LogP contribution in [0, 0.1) is 0 Å². The molecule has 0 fully saturated rings. The average Bonchev–Trinajstić information content (AvgIpc) is 2.70. The summed E-state index contributed by atoms with van der Waals surface area (Å²) in [6.07, 6.45) is 0.285. The van der Waals surface area contributed by atoms with Gasteiger partial charge in [0.2, 0.25) is 5.91 Å². The first-order chi connectivity index (χ1) is 13.1. The lowest BCUT2D eigenvalue weighted by atomic mass is 10.1. The van der Waals surface area contributed by atoms with Crippen LogP contribution in [0.25, 0.3) is 0 Å². The minimum Gasteiger partial charge on any atom is -0.465 e. The number of nitrogens with one attached hydrogen (secondary N) is 2. The summed E-state index contributed by atoms with van der Waals surface area (Å²) in [7, 11) is 1.35. The molecule has 0 aliphatic carbocycles. The summed E-state index contributed by atoms with van der Waals surface area (Å²) in [5.74, 6) is -0.496. The topological polar surface area (TPSA) is 70.7 Å². The fraction of sp³-hybridized carbons (Fsp3) is 0.333. The van der Waals surface area contributed by atoms with Crippen LogP contribution in [-0.4, -0.2) is 38.6 Å². The van der Waals surface area contributed by atoms with E-state index < -0.39 is 5.97 Å². The Hall–Kier alpha value is -3.02. The maximum absolute atomic E-state index is 12.2. The summed E-state index contributed by atoms with van der Waals surface area (Å²) in [5, 5.41) is 6.01. The van der Waals surface area contributed by atoms with Crippen LogP contribution < -0.4 is 15.5 Å². The zero-order chi connectivity index (χ0) is 19.6. The number of hydrogen-bond acceptors (Lipinski definition) is 5. The van der Waals surface area contributed by atoms with Crippen LogP contribution in [0.2, 0.25) is 0 Å². The number of nitrogens with zero attached hydrogens (tertiary/aromatic N) is 1. The third-order valence-electron chi connectivity index (χ3n) is 4.28. The molecule has 2 rings (SSSR count). The largest absolute Gasteiger partial charge is 0.465 e. The SMILES string of the molecule is CCN(CC)c1ccc(NC(=O)CCNc2ccccc2C(=O)OC)cc1. The van der Waals surface area contributed by atoms with Crippen molar-refractivity contribution in [2.45, 2.75) is 20.3 Å². The lowest BCUT2D eigenvalue weighted by Crippen LogP contribution is -2.21. The standard InChI is InChI=1S/C21H27N3O3/c1-4-24(5-2)17-12-10-16(11-13-17)23-20(25)14-15-22-19-9-7-6-8-18(19)21(26)27-3/h6-13,22H,4-5,14-15H2,1-3H3,(H,23,25). The molecule has 0 aliphatic rings. The Bertz CT molecular complexity index is 756. The van der Waals surface area contributed by atoms with Crippen LogP contribution in [0.15, 0.2) is 48.5 Å². The third-order valence-corrected chi connectivity index (χ3v) is 4.28. The molecular formula is C21H27N3O3. The highest BCUT2D eigenvalue weighted by molar-refractivity contribution is 5.96. The minimum atomic E-state index is -0.407. The molecule has 0 aliphatic heterocycles. The number of benzene rings is 2. The van der Waals surface area contributed by atoms with Crippen molar-refractivity contribution < 1.29 is 14.3 Å². The number of carbonyl (C=O) groups excluding carboxylic acids is 2. The Labute approximate surface area is 160 Å². The number of para-hydroxylation sites is 1. The van der Waals surface area contributed by atoms with E-state index in [0.717, 1.165) is 24.5 Å². The van der Waals surface area contributed by atoms with E-state index in [9.17, 15) is 9.59 Å². The molecule has 27 heavy (non-hydrogen) atoms. The van der Waals surface area contributed by atoms with Gasteiger partial charge in [-0.25, -0.2) is 4.79 Å². The highest BCUT2D eigenvalue weighted by Gasteiger charge is 2.11. The van der Waals surface area contributed by atoms with Gasteiger partial charge in [0.1, 0.15) is 0 Å². The van der Waals surface area contributed by atoms with Gasteiger partial charge in [0, 0.05) is 43.1 Å². The summed E-state index contributed by atoms with van der Waals surface area (Å²) in [5.41, 5.74) is 3.01. The zero-order valence-corrected chi connectivity index (χ0v) is 16.1. The molecule has 0 radical (unpaired) electrons. The number of carbonyl (C=O) groups is 2. The molecule has 0 saturated carbocycles. The van der Waals surface area contributed by atoms with Gasteiger partial charge in [0.25, 0.3) is 0 Å². The molecule has 0 bridgehead atoms. The molecule has 0 unspecified atom stereocenters. The Balaban J connectivity index is 1.86. The van der Waals surface area contributed by atoms with Gasteiger partial charge >= 0.3 is 5.97 Å². The van der Waals surface area contributed by atoms with E-state index in [0.29, 0.717) is 17.8 Å². The lowest BCUT2D eigenvalue weighted by molar-refractivity contribution is -0.115. The van der Waals surface area contributed by atoms with Crippen LogP contribution in [0.5, 0.6) is 0 Å². The fourth-order valence-corrected chi connectivity index (χ4v) is 2.80. The molecular weight excluding hydrogens is 342 g/mol. The van der Waals surface area contributed by atoms with Gasteiger partial charge in [-0.05, 0) is 50.2 Å².